The molecule has 0 radical (unpaired) electrons. The first-order chi connectivity index (χ1) is 12.2. The second-order valence-electron chi connectivity index (χ2n) is 8.21. The van der Waals surface area contributed by atoms with Gasteiger partial charge in [0.15, 0.2) is 0 Å². The number of phenolic OH excluding ortho intramolecular Hbond substituents is 1. The average molecular weight is 360 g/mol. The molecule has 3 N–H and O–H groups in total. The summed E-state index contributed by atoms with van der Waals surface area (Å²) in [4.78, 5) is 11.6. The predicted molar refractivity (Wildman–Crippen MR) is 98.2 cm³/mol. The van der Waals surface area contributed by atoms with Gasteiger partial charge in [0.2, 0.25) is 0 Å². The summed E-state index contributed by atoms with van der Waals surface area (Å²) in [7, 11) is 0. The fourth-order valence-electron chi connectivity index (χ4n) is 4.69. The van der Waals surface area contributed by atoms with Gasteiger partial charge in [-0.3, -0.25) is 4.79 Å². The van der Waals surface area contributed by atoms with E-state index in [1.165, 1.54) is 17.7 Å². The number of aromatic hydroxyl groups is 1. The van der Waals surface area contributed by atoms with Crippen LogP contribution in [0.1, 0.15) is 58.4 Å². The molecule has 0 amide bonds. The van der Waals surface area contributed by atoms with Crippen molar-refractivity contribution in [1.29, 1.82) is 0 Å². The number of allylic oxidation sites excluding steroid dienone is 2. The highest BCUT2D eigenvalue weighted by Gasteiger charge is 2.58. The van der Waals surface area contributed by atoms with Crippen molar-refractivity contribution < 1.29 is 24.9 Å². The Morgan fingerprint density at radius 3 is 2.73 bits per heavy atom. The van der Waals surface area contributed by atoms with Crippen LogP contribution in [-0.4, -0.2) is 26.9 Å². The lowest BCUT2D eigenvalue weighted by molar-refractivity contribution is -0.177. The van der Waals surface area contributed by atoms with Gasteiger partial charge in [0.05, 0.1) is 5.92 Å². The molecule has 3 rings (SSSR count). The lowest BCUT2D eigenvalue weighted by atomic mass is 9.59. The molecule has 1 aromatic carbocycles. The first-order valence-corrected chi connectivity index (χ1v) is 9.27. The molecule has 142 valence electrons. The van der Waals surface area contributed by atoms with Crippen LogP contribution < -0.4 is 4.74 Å². The van der Waals surface area contributed by atoms with Gasteiger partial charge < -0.3 is 20.1 Å². The molecule has 0 saturated heterocycles. The Morgan fingerprint density at radius 2 is 2.08 bits per heavy atom. The van der Waals surface area contributed by atoms with Gasteiger partial charge in [-0.1, -0.05) is 11.6 Å². The van der Waals surface area contributed by atoms with E-state index in [1.807, 2.05) is 6.92 Å². The van der Waals surface area contributed by atoms with Crippen molar-refractivity contribution in [2.45, 2.75) is 64.1 Å². The monoisotopic (exact) mass is 360 g/mol. The number of hydrogen-bond acceptors (Lipinski definition) is 4. The Bertz CT molecular complexity index is 736. The van der Waals surface area contributed by atoms with Gasteiger partial charge in [-0.05, 0) is 71.1 Å². The maximum atomic E-state index is 11.7. The minimum absolute atomic E-state index is 0.0464. The van der Waals surface area contributed by atoms with E-state index in [9.17, 15) is 20.1 Å². The van der Waals surface area contributed by atoms with E-state index in [0.29, 0.717) is 24.2 Å². The third kappa shape index (κ3) is 3.20. The van der Waals surface area contributed by atoms with Crippen molar-refractivity contribution in [2.75, 3.05) is 0 Å². The molecular formula is C21H28O5. The lowest BCUT2D eigenvalue weighted by Gasteiger charge is -2.54. The fourth-order valence-corrected chi connectivity index (χ4v) is 4.69. The summed E-state index contributed by atoms with van der Waals surface area (Å²) in [6, 6.07) is 4.72. The molecule has 1 aliphatic carbocycles. The van der Waals surface area contributed by atoms with Gasteiger partial charge in [-0.15, -0.1) is 0 Å². The molecule has 0 bridgehead atoms. The molecule has 1 heterocycles. The number of aliphatic hydroxyl groups is 1. The topological polar surface area (TPSA) is 87.0 Å². The van der Waals surface area contributed by atoms with Crippen molar-refractivity contribution in [2.24, 2.45) is 11.8 Å². The number of phenols is 1. The molecule has 3 unspecified atom stereocenters. The van der Waals surface area contributed by atoms with Gasteiger partial charge in [0.25, 0.3) is 0 Å². The molecule has 1 saturated carbocycles. The summed E-state index contributed by atoms with van der Waals surface area (Å²) in [6.07, 6.45) is 4.98. The van der Waals surface area contributed by atoms with Crippen molar-refractivity contribution >= 4 is 5.97 Å². The molecule has 5 heteroatoms. The maximum Gasteiger partial charge on any atom is 0.306 e. The van der Waals surface area contributed by atoms with Crippen LogP contribution in [0.25, 0.3) is 0 Å². The van der Waals surface area contributed by atoms with Gasteiger partial charge in [0.1, 0.15) is 22.7 Å². The van der Waals surface area contributed by atoms with E-state index < -0.39 is 23.1 Å². The Labute approximate surface area is 154 Å². The summed E-state index contributed by atoms with van der Waals surface area (Å²) in [5.41, 5.74) is -0.158. The molecule has 0 aromatic heterocycles. The fraction of sp³-hybridized carbons (Fsp3) is 0.571. The number of carboxylic acids is 1. The van der Waals surface area contributed by atoms with Crippen LogP contribution in [0.15, 0.2) is 29.8 Å². The van der Waals surface area contributed by atoms with Gasteiger partial charge >= 0.3 is 5.97 Å². The van der Waals surface area contributed by atoms with E-state index in [2.05, 4.69) is 19.9 Å². The summed E-state index contributed by atoms with van der Waals surface area (Å²) >= 11 is 0. The van der Waals surface area contributed by atoms with Crippen LogP contribution in [0.3, 0.4) is 0 Å². The number of hydrogen-bond donors (Lipinski definition) is 3. The minimum atomic E-state index is -1.31. The maximum absolute atomic E-state index is 11.7. The lowest BCUT2D eigenvalue weighted by Crippen LogP contribution is -2.58. The van der Waals surface area contributed by atoms with Crippen molar-refractivity contribution in [3.05, 3.63) is 35.4 Å². The normalized spacial score (nSPS) is 32.8. The highest BCUT2D eigenvalue weighted by molar-refractivity contribution is 5.70. The molecule has 5 nitrogen and oxygen atoms in total. The van der Waals surface area contributed by atoms with Crippen LogP contribution in [-0.2, 0) is 10.4 Å². The third-order valence-electron chi connectivity index (χ3n) is 5.99. The number of aliphatic carboxylic acids is 1. The molecule has 1 aromatic rings. The zero-order valence-electron chi connectivity index (χ0n) is 15.7. The van der Waals surface area contributed by atoms with Crippen LogP contribution in [0.4, 0.5) is 0 Å². The van der Waals surface area contributed by atoms with Gasteiger partial charge in [0, 0.05) is 11.5 Å². The summed E-state index contributed by atoms with van der Waals surface area (Å²) in [6.45, 7) is 6.12. The highest BCUT2D eigenvalue weighted by atomic mass is 16.5. The molecule has 26 heavy (non-hydrogen) atoms. The molecular weight excluding hydrogens is 332 g/mol. The number of ether oxygens (including phenoxy) is 1. The quantitative estimate of drug-likeness (QED) is 0.707. The Balaban J connectivity index is 2.03. The summed E-state index contributed by atoms with van der Waals surface area (Å²) in [5.74, 6) is -1.11. The van der Waals surface area contributed by atoms with E-state index >= 15 is 0 Å². The SMILES string of the molecule is CC(C)=CCC[C@]1(C)Oc2ccc(O)cc2C2(O)CC(C(=O)O)CCC21. The zero-order chi connectivity index (χ0) is 19.1. The van der Waals surface area contributed by atoms with E-state index in [1.54, 1.807) is 6.07 Å². The predicted octanol–water partition coefficient (Wildman–Crippen LogP) is 3.98. The zero-order valence-corrected chi connectivity index (χ0v) is 15.7. The van der Waals surface area contributed by atoms with E-state index in [4.69, 9.17) is 4.74 Å². The molecule has 0 spiro atoms. The minimum Gasteiger partial charge on any atom is -0.508 e. The molecule has 4 atom stereocenters. The number of carboxylic acid groups (broad SMARTS) is 1. The van der Waals surface area contributed by atoms with Gasteiger partial charge in [-0.25, -0.2) is 0 Å². The first-order valence-electron chi connectivity index (χ1n) is 9.27. The number of fused-ring (bicyclic) bond motifs is 3. The molecule has 1 fully saturated rings. The Morgan fingerprint density at radius 1 is 1.35 bits per heavy atom. The third-order valence-corrected chi connectivity index (χ3v) is 5.99. The highest BCUT2D eigenvalue weighted by Crippen LogP contribution is 2.57. The van der Waals surface area contributed by atoms with Crippen LogP contribution >= 0.6 is 0 Å². The number of benzene rings is 1. The Kier molecular flexibility index (Phi) is 4.78. The smallest absolute Gasteiger partial charge is 0.306 e. The molecule has 1 aliphatic heterocycles. The van der Waals surface area contributed by atoms with E-state index in [0.717, 1.165) is 12.8 Å². The number of carbonyl (C=O) groups is 1. The molecule has 2 aliphatic rings. The van der Waals surface area contributed by atoms with E-state index in [-0.39, 0.29) is 18.1 Å². The van der Waals surface area contributed by atoms with Crippen molar-refractivity contribution in [3.8, 4) is 11.5 Å². The second-order valence-corrected chi connectivity index (χ2v) is 8.21. The first kappa shape index (κ1) is 18.8. The summed E-state index contributed by atoms with van der Waals surface area (Å²) in [5, 5.41) is 31.0. The van der Waals surface area contributed by atoms with Crippen LogP contribution in [0.2, 0.25) is 0 Å². The second kappa shape index (κ2) is 6.62. The van der Waals surface area contributed by atoms with Crippen molar-refractivity contribution in [1.82, 2.24) is 0 Å². The van der Waals surface area contributed by atoms with Gasteiger partial charge in [-0.2, -0.15) is 0 Å². The van der Waals surface area contributed by atoms with Crippen molar-refractivity contribution in [3.63, 3.8) is 0 Å². The standard InChI is InChI=1S/C21H28O5/c1-13(2)5-4-10-20(3)18-9-6-14(19(23)24)12-21(18,25)16-11-15(22)7-8-17(16)26-20/h5,7-8,11,14,18,22,25H,4,6,9-10,12H2,1-3H3,(H,23,24)/t14?,18?,20-,21?/m0/s1. The Hall–Kier alpha value is -2.01. The largest absolute Gasteiger partial charge is 0.508 e. The average Bonchev–Trinajstić information content (AvgIpc) is 2.55. The summed E-state index contributed by atoms with van der Waals surface area (Å²) < 4.78 is 6.34. The van der Waals surface area contributed by atoms with Crippen LogP contribution in [0, 0.1) is 11.8 Å². The number of rotatable bonds is 4. The van der Waals surface area contributed by atoms with Crippen LogP contribution in [0.5, 0.6) is 11.5 Å².